The fourth-order valence-electron chi connectivity index (χ4n) is 1.90. The van der Waals surface area contributed by atoms with Crippen LogP contribution in [-0.4, -0.2) is 47.8 Å². The van der Waals surface area contributed by atoms with Crippen LogP contribution in [0.15, 0.2) is 0 Å². The maximum atomic E-state index is 10.7. The molecule has 1 heterocycles. The van der Waals surface area contributed by atoms with Gasteiger partial charge < -0.3 is 14.7 Å². The van der Waals surface area contributed by atoms with E-state index in [1.807, 2.05) is 6.92 Å². The molecule has 2 unspecified atom stereocenters. The first-order valence-corrected chi connectivity index (χ1v) is 5.65. The van der Waals surface area contributed by atoms with Crippen LogP contribution in [0.5, 0.6) is 0 Å². The topological polar surface area (TPSA) is 73.6 Å². The van der Waals surface area contributed by atoms with Gasteiger partial charge in [-0.05, 0) is 19.4 Å². The fraction of sp³-hybridized carbons (Fsp3) is 0.818. The molecule has 0 amide bonds. The molecule has 0 aromatic heterocycles. The van der Waals surface area contributed by atoms with Gasteiger partial charge in [-0.3, -0.25) is 0 Å². The Hall–Kier alpha value is -1.12. The third-order valence-corrected chi connectivity index (χ3v) is 2.83. The summed E-state index contributed by atoms with van der Waals surface area (Å²) in [6.07, 6.45) is 1.25. The number of hydrogen-bond acceptors (Lipinski definition) is 4. The second-order valence-electron chi connectivity index (χ2n) is 3.96. The monoisotopic (exact) mass is 226 g/mol. The molecule has 5 nitrogen and oxygen atoms in total. The van der Waals surface area contributed by atoms with Crippen molar-refractivity contribution in [3.8, 4) is 6.07 Å². The van der Waals surface area contributed by atoms with Crippen molar-refractivity contribution in [2.75, 3.05) is 19.6 Å². The zero-order chi connectivity index (χ0) is 12.0. The van der Waals surface area contributed by atoms with E-state index in [0.717, 1.165) is 26.1 Å². The summed E-state index contributed by atoms with van der Waals surface area (Å²) in [5.74, 6) is -0.873. The number of likely N-dealkylation sites (N-methyl/N-ethyl adjacent to an activating group) is 1. The Morgan fingerprint density at radius 2 is 2.38 bits per heavy atom. The predicted molar refractivity (Wildman–Crippen MR) is 57.9 cm³/mol. The van der Waals surface area contributed by atoms with Gasteiger partial charge in [-0.15, -0.1) is 0 Å². The van der Waals surface area contributed by atoms with Gasteiger partial charge in [0.15, 0.2) is 6.10 Å². The summed E-state index contributed by atoms with van der Waals surface area (Å²) in [5.41, 5.74) is 0. The number of carbonyl (C=O) groups is 1. The molecule has 1 saturated heterocycles. The first kappa shape index (κ1) is 12.9. The van der Waals surface area contributed by atoms with E-state index in [9.17, 15) is 4.79 Å². The molecule has 1 N–H and O–H groups in total. The summed E-state index contributed by atoms with van der Waals surface area (Å²) >= 11 is 0. The van der Waals surface area contributed by atoms with E-state index in [1.165, 1.54) is 0 Å². The molecule has 0 bridgehead atoms. The lowest BCUT2D eigenvalue weighted by Crippen LogP contribution is -2.34. The van der Waals surface area contributed by atoms with E-state index >= 15 is 0 Å². The molecule has 0 aromatic carbocycles. The highest BCUT2D eigenvalue weighted by molar-refractivity contribution is 5.72. The number of rotatable bonds is 6. The molecular weight excluding hydrogens is 208 g/mol. The minimum atomic E-state index is -0.873. The van der Waals surface area contributed by atoms with Gasteiger partial charge in [0.2, 0.25) is 0 Å². The molecule has 1 fully saturated rings. The Morgan fingerprint density at radius 1 is 1.62 bits per heavy atom. The second-order valence-corrected chi connectivity index (χ2v) is 3.96. The van der Waals surface area contributed by atoms with Crippen molar-refractivity contribution >= 4 is 5.97 Å². The van der Waals surface area contributed by atoms with Crippen molar-refractivity contribution in [1.29, 1.82) is 5.26 Å². The van der Waals surface area contributed by atoms with Crippen molar-refractivity contribution in [2.24, 2.45) is 0 Å². The molecular formula is C11H18N2O3. The Labute approximate surface area is 95.6 Å². The van der Waals surface area contributed by atoms with Crippen molar-refractivity contribution in [2.45, 2.75) is 38.4 Å². The van der Waals surface area contributed by atoms with Crippen LogP contribution < -0.4 is 0 Å². The maximum Gasteiger partial charge on any atom is 0.332 e. The standard InChI is InChI=1S/C11H18N2O3/c1-2-13(7-3-6-12)8-9-4-5-10(16-9)11(14)15/h9-10H,2-5,7-8H2,1H3,(H,14,15). The number of nitriles is 1. The average Bonchev–Trinajstić information content (AvgIpc) is 2.72. The lowest BCUT2D eigenvalue weighted by Gasteiger charge is -2.22. The quantitative estimate of drug-likeness (QED) is 0.727. The molecule has 5 heteroatoms. The Bertz CT molecular complexity index is 275. The lowest BCUT2D eigenvalue weighted by atomic mass is 10.2. The highest BCUT2D eigenvalue weighted by atomic mass is 16.5. The fourth-order valence-corrected chi connectivity index (χ4v) is 1.90. The summed E-state index contributed by atoms with van der Waals surface area (Å²) in [7, 11) is 0. The second kappa shape index (κ2) is 6.46. The van der Waals surface area contributed by atoms with Gasteiger partial charge in [0.05, 0.1) is 12.2 Å². The normalized spacial score (nSPS) is 24.6. The van der Waals surface area contributed by atoms with Gasteiger partial charge in [-0.25, -0.2) is 4.79 Å². The molecule has 1 aliphatic rings. The van der Waals surface area contributed by atoms with Crippen molar-refractivity contribution in [3.05, 3.63) is 0 Å². The van der Waals surface area contributed by atoms with Crippen LogP contribution in [0, 0.1) is 11.3 Å². The molecule has 0 saturated carbocycles. The maximum absolute atomic E-state index is 10.7. The van der Waals surface area contributed by atoms with Gasteiger partial charge >= 0.3 is 5.97 Å². The van der Waals surface area contributed by atoms with E-state index in [2.05, 4.69) is 11.0 Å². The summed E-state index contributed by atoms with van der Waals surface area (Å²) in [6.45, 7) is 4.34. The number of hydrogen-bond donors (Lipinski definition) is 1. The minimum absolute atomic E-state index is 0.000238. The molecule has 0 radical (unpaired) electrons. The minimum Gasteiger partial charge on any atom is -0.479 e. The number of ether oxygens (including phenoxy) is 1. The molecule has 2 atom stereocenters. The number of carboxylic acid groups (broad SMARTS) is 1. The van der Waals surface area contributed by atoms with Gasteiger partial charge in [-0.2, -0.15) is 5.26 Å². The zero-order valence-corrected chi connectivity index (χ0v) is 9.56. The third-order valence-electron chi connectivity index (χ3n) is 2.83. The summed E-state index contributed by atoms with van der Waals surface area (Å²) in [5, 5.41) is 17.3. The highest BCUT2D eigenvalue weighted by Gasteiger charge is 2.31. The van der Waals surface area contributed by atoms with Gasteiger partial charge in [0.25, 0.3) is 0 Å². The summed E-state index contributed by atoms with van der Waals surface area (Å²) < 4.78 is 5.41. The predicted octanol–water partition coefficient (Wildman–Crippen LogP) is 0.854. The van der Waals surface area contributed by atoms with E-state index in [0.29, 0.717) is 12.8 Å². The van der Waals surface area contributed by atoms with Crippen LogP contribution in [0.3, 0.4) is 0 Å². The van der Waals surface area contributed by atoms with E-state index in [-0.39, 0.29) is 6.10 Å². The van der Waals surface area contributed by atoms with Crippen LogP contribution >= 0.6 is 0 Å². The van der Waals surface area contributed by atoms with Crippen LogP contribution in [-0.2, 0) is 9.53 Å². The van der Waals surface area contributed by atoms with Gasteiger partial charge in [0.1, 0.15) is 0 Å². The molecule has 0 aliphatic carbocycles. The Morgan fingerprint density at radius 3 is 2.88 bits per heavy atom. The first-order chi connectivity index (χ1) is 7.67. The van der Waals surface area contributed by atoms with E-state index < -0.39 is 12.1 Å². The molecule has 16 heavy (non-hydrogen) atoms. The first-order valence-electron chi connectivity index (χ1n) is 5.65. The van der Waals surface area contributed by atoms with Crippen LogP contribution in [0.25, 0.3) is 0 Å². The third kappa shape index (κ3) is 3.80. The SMILES string of the molecule is CCN(CCC#N)CC1CCC(C(=O)O)O1. The zero-order valence-electron chi connectivity index (χ0n) is 9.56. The van der Waals surface area contributed by atoms with Crippen molar-refractivity contribution in [3.63, 3.8) is 0 Å². The Kier molecular flexibility index (Phi) is 5.23. The van der Waals surface area contributed by atoms with Crippen molar-refractivity contribution < 1.29 is 14.6 Å². The van der Waals surface area contributed by atoms with E-state index in [4.69, 9.17) is 15.1 Å². The van der Waals surface area contributed by atoms with Gasteiger partial charge in [0, 0.05) is 19.5 Å². The average molecular weight is 226 g/mol. The summed E-state index contributed by atoms with van der Waals surface area (Å²) in [4.78, 5) is 12.8. The van der Waals surface area contributed by atoms with Crippen molar-refractivity contribution in [1.82, 2.24) is 4.90 Å². The number of nitrogens with zero attached hydrogens (tertiary/aromatic N) is 2. The lowest BCUT2D eigenvalue weighted by molar-refractivity contribution is -0.149. The Balaban J connectivity index is 2.31. The smallest absolute Gasteiger partial charge is 0.332 e. The molecule has 1 rings (SSSR count). The van der Waals surface area contributed by atoms with Crippen LogP contribution in [0.4, 0.5) is 0 Å². The number of carboxylic acids is 1. The van der Waals surface area contributed by atoms with Gasteiger partial charge in [-0.1, -0.05) is 6.92 Å². The highest BCUT2D eigenvalue weighted by Crippen LogP contribution is 2.20. The van der Waals surface area contributed by atoms with E-state index in [1.54, 1.807) is 0 Å². The molecule has 0 aromatic rings. The van der Waals surface area contributed by atoms with Crippen LogP contribution in [0.1, 0.15) is 26.2 Å². The molecule has 1 aliphatic heterocycles. The molecule has 90 valence electrons. The summed E-state index contributed by atoms with van der Waals surface area (Å²) in [6, 6.07) is 2.11. The van der Waals surface area contributed by atoms with Crippen LogP contribution in [0.2, 0.25) is 0 Å². The largest absolute Gasteiger partial charge is 0.479 e. The number of aliphatic carboxylic acids is 1. The molecule has 0 spiro atoms.